The third kappa shape index (κ3) is 3.07. The van der Waals surface area contributed by atoms with Crippen molar-refractivity contribution in [2.24, 2.45) is 13.0 Å². The summed E-state index contributed by atoms with van der Waals surface area (Å²) in [4.78, 5) is 23.5. The minimum atomic E-state index is -1.00. The molecule has 0 spiro atoms. The van der Waals surface area contributed by atoms with Gasteiger partial charge in [-0.2, -0.15) is 0 Å². The predicted octanol–water partition coefficient (Wildman–Crippen LogP) is 2.41. The van der Waals surface area contributed by atoms with Gasteiger partial charge in [0.25, 0.3) is 5.91 Å². The fourth-order valence-electron chi connectivity index (χ4n) is 2.33. The van der Waals surface area contributed by atoms with Crippen molar-refractivity contribution in [1.82, 2.24) is 9.88 Å². The standard InChI is InChI=1S/C16H20N2O3/c1-4-10(2)14(16(20)21)17-15(19)12-5-6-13-11(9-12)7-8-18(13)3/h5-10,14H,4H2,1-3H3,(H,17,19)(H,20,21)/t10-,14+/m1/s1. The monoisotopic (exact) mass is 288 g/mol. The van der Waals surface area contributed by atoms with Crippen LogP contribution in [0.15, 0.2) is 30.5 Å². The van der Waals surface area contributed by atoms with E-state index in [0.29, 0.717) is 12.0 Å². The van der Waals surface area contributed by atoms with Crippen molar-refractivity contribution in [1.29, 1.82) is 0 Å². The number of nitrogens with zero attached hydrogens (tertiary/aromatic N) is 1. The molecule has 5 nitrogen and oxygen atoms in total. The smallest absolute Gasteiger partial charge is 0.326 e. The molecule has 0 aliphatic rings. The molecule has 0 saturated heterocycles. The number of aryl methyl sites for hydroxylation is 1. The number of aliphatic carboxylic acids is 1. The largest absolute Gasteiger partial charge is 0.480 e. The Morgan fingerprint density at radius 3 is 2.67 bits per heavy atom. The Morgan fingerprint density at radius 2 is 2.05 bits per heavy atom. The van der Waals surface area contributed by atoms with Crippen molar-refractivity contribution in [3.05, 3.63) is 36.0 Å². The number of rotatable bonds is 5. The van der Waals surface area contributed by atoms with E-state index in [0.717, 1.165) is 10.9 Å². The van der Waals surface area contributed by atoms with Crippen LogP contribution < -0.4 is 5.32 Å². The molecule has 1 amide bonds. The van der Waals surface area contributed by atoms with Gasteiger partial charge >= 0.3 is 5.97 Å². The molecule has 21 heavy (non-hydrogen) atoms. The molecule has 112 valence electrons. The molecule has 1 aromatic heterocycles. The van der Waals surface area contributed by atoms with Gasteiger partial charge in [-0.1, -0.05) is 20.3 Å². The van der Waals surface area contributed by atoms with E-state index in [-0.39, 0.29) is 11.8 Å². The lowest BCUT2D eigenvalue weighted by Crippen LogP contribution is -2.45. The van der Waals surface area contributed by atoms with Crippen molar-refractivity contribution < 1.29 is 14.7 Å². The Hall–Kier alpha value is -2.30. The molecule has 0 radical (unpaired) electrons. The number of hydrogen-bond donors (Lipinski definition) is 2. The zero-order valence-corrected chi connectivity index (χ0v) is 12.5. The summed E-state index contributed by atoms with van der Waals surface area (Å²) in [6.45, 7) is 3.72. The molecule has 0 bridgehead atoms. The second-order valence-corrected chi connectivity index (χ2v) is 5.38. The normalized spacial score (nSPS) is 13.9. The Bertz CT molecular complexity index is 675. The molecule has 1 heterocycles. The summed E-state index contributed by atoms with van der Waals surface area (Å²) in [7, 11) is 1.94. The van der Waals surface area contributed by atoms with Crippen LogP contribution in [0.2, 0.25) is 0 Å². The Kier molecular flexibility index (Phi) is 4.31. The summed E-state index contributed by atoms with van der Waals surface area (Å²) in [5, 5.41) is 12.8. The lowest BCUT2D eigenvalue weighted by Gasteiger charge is -2.20. The zero-order chi connectivity index (χ0) is 15.6. The molecular weight excluding hydrogens is 268 g/mol. The van der Waals surface area contributed by atoms with E-state index in [9.17, 15) is 14.7 Å². The van der Waals surface area contributed by atoms with Crippen LogP contribution in [0.1, 0.15) is 30.6 Å². The lowest BCUT2D eigenvalue weighted by atomic mass is 9.99. The zero-order valence-electron chi connectivity index (χ0n) is 12.5. The molecule has 0 aliphatic heterocycles. The number of nitrogens with one attached hydrogen (secondary N) is 1. The first-order valence-corrected chi connectivity index (χ1v) is 7.02. The Morgan fingerprint density at radius 1 is 1.33 bits per heavy atom. The van der Waals surface area contributed by atoms with Crippen LogP contribution in [-0.2, 0) is 11.8 Å². The number of carboxylic acid groups (broad SMARTS) is 1. The average molecular weight is 288 g/mol. The van der Waals surface area contributed by atoms with Gasteiger partial charge in [-0.15, -0.1) is 0 Å². The Balaban J connectivity index is 2.22. The second-order valence-electron chi connectivity index (χ2n) is 5.38. The van der Waals surface area contributed by atoms with Crippen LogP contribution >= 0.6 is 0 Å². The molecule has 2 aromatic rings. The highest BCUT2D eigenvalue weighted by molar-refractivity contribution is 5.99. The summed E-state index contributed by atoms with van der Waals surface area (Å²) in [6, 6.07) is 6.42. The van der Waals surface area contributed by atoms with E-state index in [4.69, 9.17) is 0 Å². The van der Waals surface area contributed by atoms with Crippen molar-refractivity contribution in [2.75, 3.05) is 0 Å². The summed E-state index contributed by atoms with van der Waals surface area (Å²) in [5.41, 5.74) is 1.51. The summed E-state index contributed by atoms with van der Waals surface area (Å²) < 4.78 is 1.97. The van der Waals surface area contributed by atoms with E-state index in [1.807, 2.05) is 43.8 Å². The van der Waals surface area contributed by atoms with Gasteiger partial charge in [-0.05, 0) is 30.2 Å². The molecule has 0 unspecified atom stereocenters. The maximum Gasteiger partial charge on any atom is 0.326 e. The molecule has 2 atom stereocenters. The number of fused-ring (bicyclic) bond motifs is 1. The molecule has 1 aromatic carbocycles. The molecule has 5 heteroatoms. The third-order valence-corrected chi connectivity index (χ3v) is 3.91. The van der Waals surface area contributed by atoms with Crippen LogP contribution in [-0.4, -0.2) is 27.6 Å². The van der Waals surface area contributed by atoms with Gasteiger partial charge in [-0.3, -0.25) is 4.79 Å². The van der Waals surface area contributed by atoms with Gasteiger partial charge in [0, 0.05) is 29.7 Å². The van der Waals surface area contributed by atoms with Gasteiger partial charge < -0.3 is 15.0 Å². The maximum absolute atomic E-state index is 12.2. The van der Waals surface area contributed by atoms with Crippen molar-refractivity contribution in [3.8, 4) is 0 Å². The average Bonchev–Trinajstić information content (AvgIpc) is 2.84. The number of aromatic nitrogens is 1. The van der Waals surface area contributed by atoms with Crippen LogP contribution in [0.3, 0.4) is 0 Å². The number of amides is 1. The highest BCUT2D eigenvalue weighted by atomic mass is 16.4. The van der Waals surface area contributed by atoms with Gasteiger partial charge in [0.05, 0.1) is 0 Å². The topological polar surface area (TPSA) is 71.3 Å². The molecule has 0 saturated carbocycles. The maximum atomic E-state index is 12.2. The molecule has 0 fully saturated rings. The van der Waals surface area contributed by atoms with Gasteiger partial charge in [0.15, 0.2) is 0 Å². The van der Waals surface area contributed by atoms with Crippen LogP contribution in [0.5, 0.6) is 0 Å². The highest BCUT2D eigenvalue weighted by Gasteiger charge is 2.25. The first kappa shape index (κ1) is 15.1. The SMILES string of the molecule is CC[C@@H](C)[C@H](NC(=O)c1ccc2c(ccn2C)c1)C(=O)O. The van der Waals surface area contributed by atoms with Gasteiger partial charge in [0.1, 0.15) is 6.04 Å². The van der Waals surface area contributed by atoms with Crippen LogP contribution in [0.4, 0.5) is 0 Å². The summed E-state index contributed by atoms with van der Waals surface area (Å²) in [6.07, 6.45) is 2.61. The molecule has 2 N–H and O–H groups in total. The number of hydrogen-bond acceptors (Lipinski definition) is 2. The molecular formula is C16H20N2O3. The quantitative estimate of drug-likeness (QED) is 0.887. The van der Waals surface area contributed by atoms with Crippen molar-refractivity contribution in [2.45, 2.75) is 26.3 Å². The minimum Gasteiger partial charge on any atom is -0.480 e. The first-order chi connectivity index (χ1) is 9.93. The highest BCUT2D eigenvalue weighted by Crippen LogP contribution is 2.17. The minimum absolute atomic E-state index is 0.119. The van der Waals surface area contributed by atoms with Crippen LogP contribution in [0.25, 0.3) is 10.9 Å². The van der Waals surface area contributed by atoms with E-state index >= 15 is 0 Å². The number of carboxylic acids is 1. The Labute approximate surface area is 123 Å². The third-order valence-electron chi connectivity index (χ3n) is 3.91. The lowest BCUT2D eigenvalue weighted by molar-refractivity contribution is -0.140. The number of carbonyl (C=O) groups is 2. The second kappa shape index (κ2) is 5.99. The van der Waals surface area contributed by atoms with E-state index in [2.05, 4.69) is 5.32 Å². The first-order valence-electron chi connectivity index (χ1n) is 7.02. The fourth-order valence-corrected chi connectivity index (χ4v) is 2.33. The van der Waals surface area contributed by atoms with Gasteiger partial charge in [-0.25, -0.2) is 4.79 Å². The summed E-state index contributed by atoms with van der Waals surface area (Å²) in [5.74, 6) is -1.47. The van der Waals surface area contributed by atoms with E-state index in [1.54, 1.807) is 12.1 Å². The van der Waals surface area contributed by atoms with Crippen molar-refractivity contribution in [3.63, 3.8) is 0 Å². The molecule has 2 rings (SSSR count). The van der Waals surface area contributed by atoms with Crippen molar-refractivity contribution >= 4 is 22.8 Å². The fraction of sp³-hybridized carbons (Fsp3) is 0.375. The van der Waals surface area contributed by atoms with E-state index < -0.39 is 12.0 Å². The number of carbonyl (C=O) groups excluding carboxylic acids is 1. The number of benzene rings is 1. The predicted molar refractivity (Wildman–Crippen MR) is 81.3 cm³/mol. The van der Waals surface area contributed by atoms with Gasteiger partial charge in [0.2, 0.25) is 0 Å². The molecule has 0 aliphatic carbocycles. The van der Waals surface area contributed by atoms with Crippen LogP contribution in [0, 0.1) is 5.92 Å². The summed E-state index contributed by atoms with van der Waals surface area (Å²) >= 11 is 0. The van der Waals surface area contributed by atoms with E-state index in [1.165, 1.54) is 0 Å².